The average molecular weight is 180 g/mol. The molecule has 0 radical (unpaired) electrons. The highest BCUT2D eigenvalue weighted by Gasteiger charge is 2.38. The first-order valence-electron chi connectivity index (χ1n) is 4.71. The molecule has 0 aromatic carbocycles. The number of ketones is 1. The van der Waals surface area contributed by atoms with Gasteiger partial charge in [-0.15, -0.1) is 0 Å². The van der Waals surface area contributed by atoms with Crippen LogP contribution in [-0.4, -0.2) is 18.9 Å². The van der Waals surface area contributed by atoms with E-state index >= 15 is 0 Å². The fraction of sp³-hybridized carbons (Fsp3) is 0.800. The van der Waals surface area contributed by atoms with Gasteiger partial charge in [-0.3, -0.25) is 4.79 Å². The molecule has 0 aromatic rings. The lowest BCUT2D eigenvalue weighted by atomic mass is 9.70. The van der Waals surface area contributed by atoms with Crippen LogP contribution < -0.4 is 5.32 Å². The molecule has 1 N–H and O–H groups in total. The molecule has 1 unspecified atom stereocenters. The molecule has 0 saturated carbocycles. The monoisotopic (exact) mass is 180 g/mol. The van der Waals surface area contributed by atoms with Gasteiger partial charge in [0.25, 0.3) is 0 Å². The molecular formula is C10H16N2O. The molecule has 1 aliphatic heterocycles. The number of piperidine rings is 1. The highest BCUT2D eigenvalue weighted by molar-refractivity contribution is 5.81. The van der Waals surface area contributed by atoms with Crippen LogP contribution in [0.2, 0.25) is 0 Å². The summed E-state index contributed by atoms with van der Waals surface area (Å²) in [5.41, 5.74) is -0.105. The van der Waals surface area contributed by atoms with Crippen LogP contribution in [0, 0.1) is 22.7 Å². The number of hydrogen-bond donors (Lipinski definition) is 1. The first-order valence-corrected chi connectivity index (χ1v) is 4.71. The molecule has 0 aliphatic carbocycles. The van der Waals surface area contributed by atoms with E-state index in [1.807, 2.05) is 6.92 Å². The fourth-order valence-corrected chi connectivity index (χ4v) is 2.02. The molecule has 72 valence electrons. The van der Waals surface area contributed by atoms with Gasteiger partial charge in [0.2, 0.25) is 0 Å². The van der Waals surface area contributed by atoms with Gasteiger partial charge in [-0.25, -0.2) is 0 Å². The van der Waals surface area contributed by atoms with Gasteiger partial charge in [0.15, 0.2) is 0 Å². The van der Waals surface area contributed by atoms with Crippen LogP contribution in [0.1, 0.15) is 26.7 Å². The number of nitriles is 1. The second-order valence-corrected chi connectivity index (χ2v) is 4.08. The van der Waals surface area contributed by atoms with Crippen LogP contribution in [0.15, 0.2) is 0 Å². The van der Waals surface area contributed by atoms with Crippen molar-refractivity contribution in [3.8, 4) is 6.07 Å². The number of rotatable bonds is 2. The van der Waals surface area contributed by atoms with Gasteiger partial charge in [0, 0.05) is 0 Å². The van der Waals surface area contributed by atoms with Crippen molar-refractivity contribution >= 4 is 5.78 Å². The molecule has 0 bridgehead atoms. The molecule has 1 rings (SSSR count). The maximum atomic E-state index is 11.2. The number of carbonyl (C=O) groups is 1. The van der Waals surface area contributed by atoms with E-state index in [0.29, 0.717) is 0 Å². The Morgan fingerprint density at radius 1 is 1.54 bits per heavy atom. The van der Waals surface area contributed by atoms with E-state index in [1.165, 1.54) is 6.92 Å². The Hall–Kier alpha value is -0.880. The minimum atomic E-state index is -0.422. The molecule has 1 atom stereocenters. The first kappa shape index (κ1) is 10.2. The summed E-state index contributed by atoms with van der Waals surface area (Å²) in [6.45, 7) is 5.40. The van der Waals surface area contributed by atoms with Gasteiger partial charge in [-0.05, 0) is 38.3 Å². The lowest BCUT2D eigenvalue weighted by Gasteiger charge is -2.36. The minimum Gasteiger partial charge on any atom is -0.317 e. The summed E-state index contributed by atoms with van der Waals surface area (Å²) in [6.07, 6.45) is 1.84. The third kappa shape index (κ3) is 2.07. The summed E-state index contributed by atoms with van der Waals surface area (Å²) >= 11 is 0. The Morgan fingerprint density at radius 3 is 2.46 bits per heavy atom. The van der Waals surface area contributed by atoms with E-state index in [4.69, 9.17) is 5.26 Å². The lowest BCUT2D eigenvalue weighted by Crippen LogP contribution is -2.41. The third-order valence-electron chi connectivity index (χ3n) is 2.98. The van der Waals surface area contributed by atoms with E-state index in [-0.39, 0.29) is 11.2 Å². The quantitative estimate of drug-likeness (QED) is 0.692. The molecular weight excluding hydrogens is 164 g/mol. The van der Waals surface area contributed by atoms with Crippen LogP contribution in [0.3, 0.4) is 0 Å². The van der Waals surface area contributed by atoms with Crippen molar-refractivity contribution < 1.29 is 4.79 Å². The summed E-state index contributed by atoms with van der Waals surface area (Å²) in [6, 6.07) is 2.13. The maximum Gasteiger partial charge on any atom is 0.147 e. The zero-order valence-corrected chi connectivity index (χ0v) is 8.26. The molecule has 1 heterocycles. The number of nitrogens with zero attached hydrogens (tertiary/aromatic N) is 1. The van der Waals surface area contributed by atoms with Gasteiger partial charge in [-0.1, -0.05) is 6.92 Å². The van der Waals surface area contributed by atoms with E-state index < -0.39 is 5.92 Å². The molecule has 3 heteroatoms. The number of Topliss-reactive ketones (excluding diaryl/α,β-unsaturated/α-hetero) is 1. The van der Waals surface area contributed by atoms with Crippen molar-refractivity contribution in [2.75, 3.05) is 13.1 Å². The van der Waals surface area contributed by atoms with Crippen molar-refractivity contribution in [2.45, 2.75) is 26.7 Å². The Labute approximate surface area is 79.1 Å². The van der Waals surface area contributed by atoms with Crippen LogP contribution in [0.25, 0.3) is 0 Å². The summed E-state index contributed by atoms with van der Waals surface area (Å²) in [5, 5.41) is 12.2. The van der Waals surface area contributed by atoms with Gasteiger partial charge in [-0.2, -0.15) is 5.26 Å². The number of hydrogen-bond acceptors (Lipinski definition) is 3. The highest BCUT2D eigenvalue weighted by atomic mass is 16.1. The average Bonchev–Trinajstić information content (AvgIpc) is 2.05. The Bertz CT molecular complexity index is 236. The predicted molar refractivity (Wildman–Crippen MR) is 50.0 cm³/mol. The fourth-order valence-electron chi connectivity index (χ4n) is 2.02. The lowest BCUT2D eigenvalue weighted by molar-refractivity contribution is -0.122. The SMILES string of the molecule is CC(=O)C(C#N)C1(C)CCNCC1. The first-order chi connectivity index (χ1) is 6.10. The van der Waals surface area contributed by atoms with E-state index in [2.05, 4.69) is 11.4 Å². The molecule has 0 aromatic heterocycles. The molecule has 0 spiro atoms. The van der Waals surface area contributed by atoms with Crippen molar-refractivity contribution in [1.29, 1.82) is 5.26 Å². The molecule has 3 nitrogen and oxygen atoms in total. The Balaban J connectivity index is 2.76. The Morgan fingerprint density at radius 2 is 2.08 bits per heavy atom. The normalized spacial score (nSPS) is 23.2. The number of nitrogens with one attached hydrogen (secondary N) is 1. The maximum absolute atomic E-state index is 11.2. The highest BCUT2D eigenvalue weighted by Crippen LogP contribution is 2.36. The van der Waals surface area contributed by atoms with Crippen molar-refractivity contribution in [2.24, 2.45) is 11.3 Å². The van der Waals surface area contributed by atoms with E-state index in [0.717, 1.165) is 25.9 Å². The van der Waals surface area contributed by atoms with E-state index in [9.17, 15) is 4.79 Å². The van der Waals surface area contributed by atoms with Gasteiger partial charge >= 0.3 is 0 Å². The summed E-state index contributed by atoms with van der Waals surface area (Å²) < 4.78 is 0. The van der Waals surface area contributed by atoms with Crippen LogP contribution >= 0.6 is 0 Å². The van der Waals surface area contributed by atoms with Gasteiger partial charge in [0.05, 0.1) is 6.07 Å². The molecule has 0 amide bonds. The van der Waals surface area contributed by atoms with Crippen LogP contribution in [-0.2, 0) is 4.79 Å². The molecule has 1 fully saturated rings. The van der Waals surface area contributed by atoms with E-state index in [1.54, 1.807) is 0 Å². The van der Waals surface area contributed by atoms with Crippen LogP contribution in [0.4, 0.5) is 0 Å². The minimum absolute atomic E-state index is 0.00639. The van der Waals surface area contributed by atoms with Crippen molar-refractivity contribution in [3.63, 3.8) is 0 Å². The predicted octanol–water partition coefficient (Wildman–Crippen LogP) is 1.10. The zero-order chi connectivity index (χ0) is 9.90. The summed E-state index contributed by atoms with van der Waals surface area (Å²) in [7, 11) is 0. The largest absolute Gasteiger partial charge is 0.317 e. The molecule has 1 aliphatic rings. The second kappa shape index (κ2) is 3.89. The topological polar surface area (TPSA) is 52.9 Å². The standard InChI is InChI=1S/C10H16N2O/c1-8(13)9(7-11)10(2)3-5-12-6-4-10/h9,12H,3-6H2,1-2H3. The third-order valence-corrected chi connectivity index (χ3v) is 2.98. The Kier molecular flexibility index (Phi) is 3.05. The number of carbonyl (C=O) groups excluding carboxylic acids is 1. The smallest absolute Gasteiger partial charge is 0.147 e. The van der Waals surface area contributed by atoms with Gasteiger partial charge < -0.3 is 5.32 Å². The zero-order valence-electron chi connectivity index (χ0n) is 8.26. The molecule has 13 heavy (non-hydrogen) atoms. The van der Waals surface area contributed by atoms with Crippen LogP contribution in [0.5, 0.6) is 0 Å². The van der Waals surface area contributed by atoms with Crippen molar-refractivity contribution in [3.05, 3.63) is 0 Å². The second-order valence-electron chi connectivity index (χ2n) is 4.08. The summed E-state index contributed by atoms with van der Waals surface area (Å²) in [4.78, 5) is 11.2. The van der Waals surface area contributed by atoms with Crippen molar-refractivity contribution in [1.82, 2.24) is 5.32 Å². The summed E-state index contributed by atoms with van der Waals surface area (Å²) in [5.74, 6) is -0.415. The van der Waals surface area contributed by atoms with Gasteiger partial charge in [0.1, 0.15) is 11.7 Å². The molecule has 1 saturated heterocycles.